The van der Waals surface area contributed by atoms with Gasteiger partial charge in [0.05, 0.1) is 0 Å². The second-order valence-electron chi connectivity index (χ2n) is 3.38. The number of nitrogens with zero attached hydrogens (tertiary/aromatic N) is 1. The average molecular weight is 255 g/mol. The minimum Gasteiger partial charge on any atom is -0.484 e. The van der Waals surface area contributed by atoms with E-state index in [1.54, 1.807) is 30.5 Å². The van der Waals surface area contributed by atoms with Gasteiger partial charge in [0.15, 0.2) is 6.61 Å². The first-order valence-electron chi connectivity index (χ1n) is 5.41. The third kappa shape index (κ3) is 5.92. The molecule has 0 aliphatic rings. The fourth-order valence-electron chi connectivity index (χ4n) is 1.05. The van der Waals surface area contributed by atoms with Gasteiger partial charge in [-0.25, -0.2) is 5.43 Å². The third-order valence-corrected chi connectivity index (χ3v) is 2.10. The summed E-state index contributed by atoms with van der Waals surface area (Å²) in [7, 11) is 0. The minimum absolute atomic E-state index is 0.0796. The van der Waals surface area contributed by atoms with E-state index in [4.69, 9.17) is 16.3 Å². The molecule has 0 aromatic heterocycles. The van der Waals surface area contributed by atoms with Gasteiger partial charge < -0.3 is 4.74 Å². The van der Waals surface area contributed by atoms with Gasteiger partial charge in [-0.05, 0) is 24.6 Å². The van der Waals surface area contributed by atoms with Crippen molar-refractivity contribution in [3.05, 3.63) is 29.3 Å². The number of hydrogen-bond donors (Lipinski definition) is 1. The van der Waals surface area contributed by atoms with Crippen LogP contribution in [-0.4, -0.2) is 18.7 Å². The van der Waals surface area contributed by atoms with Crippen LogP contribution in [-0.2, 0) is 4.79 Å². The largest absolute Gasteiger partial charge is 0.484 e. The van der Waals surface area contributed by atoms with Crippen molar-refractivity contribution in [2.45, 2.75) is 19.8 Å². The van der Waals surface area contributed by atoms with Gasteiger partial charge in [0.25, 0.3) is 5.91 Å². The summed E-state index contributed by atoms with van der Waals surface area (Å²) >= 11 is 5.77. The molecule has 0 aliphatic heterocycles. The molecule has 1 aromatic rings. The molecular formula is C12H15ClN2O2. The van der Waals surface area contributed by atoms with Gasteiger partial charge in [-0.15, -0.1) is 0 Å². The van der Waals surface area contributed by atoms with Gasteiger partial charge in [-0.3, -0.25) is 4.79 Å². The number of ether oxygens (including phenoxy) is 1. The van der Waals surface area contributed by atoms with Crippen LogP contribution >= 0.6 is 11.6 Å². The Balaban J connectivity index is 2.28. The van der Waals surface area contributed by atoms with E-state index in [0.29, 0.717) is 10.8 Å². The molecule has 0 fully saturated rings. The van der Waals surface area contributed by atoms with Crippen molar-refractivity contribution >= 4 is 23.7 Å². The average Bonchev–Trinajstić information content (AvgIpc) is 2.32. The van der Waals surface area contributed by atoms with Crippen LogP contribution in [0.3, 0.4) is 0 Å². The highest BCUT2D eigenvalue weighted by atomic mass is 35.5. The Morgan fingerprint density at radius 2 is 2.41 bits per heavy atom. The van der Waals surface area contributed by atoms with Gasteiger partial charge in [-0.1, -0.05) is 31.0 Å². The molecule has 0 saturated carbocycles. The quantitative estimate of drug-likeness (QED) is 0.627. The predicted molar refractivity (Wildman–Crippen MR) is 68.5 cm³/mol. The fraction of sp³-hybridized carbons (Fsp3) is 0.333. The number of rotatable bonds is 6. The molecule has 0 radical (unpaired) electrons. The lowest BCUT2D eigenvalue weighted by atomic mass is 10.3. The summed E-state index contributed by atoms with van der Waals surface area (Å²) in [5.41, 5.74) is 2.37. The maximum absolute atomic E-state index is 11.3. The fourth-order valence-corrected chi connectivity index (χ4v) is 1.23. The molecule has 0 atom stereocenters. The monoisotopic (exact) mass is 254 g/mol. The van der Waals surface area contributed by atoms with Crippen LogP contribution in [0.1, 0.15) is 19.8 Å². The van der Waals surface area contributed by atoms with Crippen LogP contribution in [0.2, 0.25) is 5.02 Å². The number of benzene rings is 1. The third-order valence-electron chi connectivity index (χ3n) is 1.86. The molecule has 1 aromatic carbocycles. The van der Waals surface area contributed by atoms with E-state index < -0.39 is 0 Å². The molecule has 92 valence electrons. The number of nitrogens with one attached hydrogen (secondary N) is 1. The molecule has 1 amide bonds. The first-order chi connectivity index (χ1) is 8.22. The maximum Gasteiger partial charge on any atom is 0.277 e. The van der Waals surface area contributed by atoms with E-state index in [2.05, 4.69) is 10.5 Å². The van der Waals surface area contributed by atoms with Crippen molar-refractivity contribution in [2.24, 2.45) is 5.10 Å². The Labute approximate surface area is 106 Å². The van der Waals surface area contributed by atoms with Crippen LogP contribution in [0.15, 0.2) is 29.4 Å². The second-order valence-corrected chi connectivity index (χ2v) is 3.82. The number of hydrogen-bond acceptors (Lipinski definition) is 3. The zero-order valence-corrected chi connectivity index (χ0v) is 10.4. The number of amides is 1. The lowest BCUT2D eigenvalue weighted by Crippen LogP contribution is -2.24. The SMILES string of the molecule is CCC/C=N/NC(=O)COc1cccc(Cl)c1. The lowest BCUT2D eigenvalue weighted by Gasteiger charge is -2.04. The summed E-state index contributed by atoms with van der Waals surface area (Å²) in [6.07, 6.45) is 3.51. The van der Waals surface area contributed by atoms with E-state index in [1.165, 1.54) is 0 Å². The summed E-state index contributed by atoms with van der Waals surface area (Å²) in [4.78, 5) is 11.3. The Kier molecular flexibility index (Phi) is 6.10. The topological polar surface area (TPSA) is 50.7 Å². The molecule has 1 rings (SSSR count). The molecular weight excluding hydrogens is 240 g/mol. The minimum atomic E-state index is -0.294. The number of hydrazone groups is 1. The summed E-state index contributed by atoms with van der Waals surface area (Å²) in [5.74, 6) is 0.266. The standard InChI is InChI=1S/C12H15ClN2O2/c1-2-3-7-14-15-12(16)9-17-11-6-4-5-10(13)8-11/h4-8H,2-3,9H2,1H3,(H,15,16)/b14-7+. The van der Waals surface area contributed by atoms with Crippen molar-refractivity contribution in [3.8, 4) is 5.75 Å². The molecule has 5 heteroatoms. The van der Waals surface area contributed by atoms with Gasteiger partial charge in [-0.2, -0.15) is 5.10 Å². The molecule has 0 saturated heterocycles. The molecule has 0 bridgehead atoms. The molecule has 0 spiro atoms. The normalized spacial score (nSPS) is 10.5. The maximum atomic E-state index is 11.3. The number of unbranched alkanes of at least 4 members (excludes halogenated alkanes) is 1. The zero-order chi connectivity index (χ0) is 12.5. The predicted octanol–water partition coefficient (Wildman–Crippen LogP) is 2.62. The van der Waals surface area contributed by atoms with Gasteiger partial charge in [0, 0.05) is 11.2 Å². The summed E-state index contributed by atoms with van der Waals surface area (Å²) in [6, 6.07) is 6.88. The van der Waals surface area contributed by atoms with Crippen molar-refractivity contribution in [1.29, 1.82) is 0 Å². The Bertz CT molecular complexity index is 394. The van der Waals surface area contributed by atoms with Crippen molar-refractivity contribution in [3.63, 3.8) is 0 Å². The molecule has 1 N–H and O–H groups in total. The highest BCUT2D eigenvalue weighted by Gasteiger charge is 2.01. The molecule has 0 unspecified atom stereocenters. The zero-order valence-electron chi connectivity index (χ0n) is 9.65. The number of carbonyl (C=O) groups excluding carboxylic acids is 1. The highest BCUT2D eigenvalue weighted by molar-refractivity contribution is 6.30. The van der Waals surface area contributed by atoms with E-state index in [0.717, 1.165) is 12.8 Å². The van der Waals surface area contributed by atoms with E-state index in [9.17, 15) is 4.79 Å². The van der Waals surface area contributed by atoms with E-state index in [1.807, 2.05) is 6.92 Å². The Morgan fingerprint density at radius 3 is 3.12 bits per heavy atom. The molecule has 0 aliphatic carbocycles. The first-order valence-corrected chi connectivity index (χ1v) is 5.79. The van der Waals surface area contributed by atoms with Crippen molar-refractivity contribution in [1.82, 2.24) is 5.43 Å². The van der Waals surface area contributed by atoms with Crippen LogP contribution < -0.4 is 10.2 Å². The van der Waals surface area contributed by atoms with E-state index >= 15 is 0 Å². The lowest BCUT2D eigenvalue weighted by molar-refractivity contribution is -0.123. The van der Waals surface area contributed by atoms with Gasteiger partial charge >= 0.3 is 0 Å². The number of halogens is 1. The second kappa shape index (κ2) is 7.68. The first kappa shape index (κ1) is 13.5. The summed E-state index contributed by atoms with van der Waals surface area (Å²) in [5, 5.41) is 4.33. The highest BCUT2D eigenvalue weighted by Crippen LogP contribution is 2.16. The van der Waals surface area contributed by atoms with Crippen LogP contribution in [0.25, 0.3) is 0 Å². The Hall–Kier alpha value is -1.55. The smallest absolute Gasteiger partial charge is 0.277 e. The van der Waals surface area contributed by atoms with E-state index in [-0.39, 0.29) is 12.5 Å². The van der Waals surface area contributed by atoms with Crippen LogP contribution in [0.5, 0.6) is 5.75 Å². The van der Waals surface area contributed by atoms with Crippen LogP contribution in [0, 0.1) is 0 Å². The molecule has 4 nitrogen and oxygen atoms in total. The summed E-state index contributed by atoms with van der Waals surface area (Å²) in [6.45, 7) is 1.96. The molecule has 17 heavy (non-hydrogen) atoms. The van der Waals surface area contributed by atoms with Crippen molar-refractivity contribution in [2.75, 3.05) is 6.61 Å². The Morgan fingerprint density at radius 1 is 1.59 bits per heavy atom. The van der Waals surface area contributed by atoms with Gasteiger partial charge in [0.1, 0.15) is 5.75 Å². The van der Waals surface area contributed by atoms with Gasteiger partial charge in [0.2, 0.25) is 0 Å². The summed E-state index contributed by atoms with van der Waals surface area (Å²) < 4.78 is 5.24. The van der Waals surface area contributed by atoms with Crippen LogP contribution in [0.4, 0.5) is 0 Å². The molecule has 0 heterocycles. The number of carbonyl (C=O) groups is 1. The van der Waals surface area contributed by atoms with Crippen molar-refractivity contribution < 1.29 is 9.53 Å².